The van der Waals surface area contributed by atoms with E-state index >= 15 is 0 Å². The van der Waals surface area contributed by atoms with Crippen LogP contribution < -0.4 is 5.73 Å². The van der Waals surface area contributed by atoms with Gasteiger partial charge in [-0.25, -0.2) is 0 Å². The van der Waals surface area contributed by atoms with E-state index in [1.807, 2.05) is 0 Å². The lowest BCUT2D eigenvalue weighted by molar-refractivity contribution is 0.343. The fraction of sp³-hybridized carbons (Fsp3) is 0.538. The molecule has 0 spiro atoms. The molecule has 1 unspecified atom stereocenters. The van der Waals surface area contributed by atoms with Crippen LogP contribution in [0.1, 0.15) is 44.4 Å². The van der Waals surface area contributed by atoms with E-state index in [2.05, 4.69) is 52.0 Å². The van der Waals surface area contributed by atoms with Gasteiger partial charge in [-0.15, -0.1) is 12.4 Å². The number of rotatable bonds is 2. The maximum Gasteiger partial charge on any atom is 0.0299 e. The highest BCUT2D eigenvalue weighted by Crippen LogP contribution is 2.27. The van der Waals surface area contributed by atoms with Crippen molar-refractivity contribution in [3.63, 3.8) is 0 Å². The molecule has 86 valence electrons. The number of nitrogens with two attached hydrogens (primary N) is 1. The highest BCUT2D eigenvalue weighted by Gasteiger charge is 2.16. The van der Waals surface area contributed by atoms with Crippen molar-refractivity contribution in [2.75, 3.05) is 0 Å². The number of aryl methyl sites for hydroxylation is 1. The molecular formula is C13H22ClN. The summed E-state index contributed by atoms with van der Waals surface area (Å²) in [6.45, 7) is 8.77. The summed E-state index contributed by atoms with van der Waals surface area (Å²) in [4.78, 5) is 0. The van der Waals surface area contributed by atoms with Crippen LogP contribution in [-0.4, -0.2) is 0 Å². The lowest BCUT2D eigenvalue weighted by atomic mass is 9.86. The fourth-order valence-corrected chi connectivity index (χ4v) is 1.59. The van der Waals surface area contributed by atoms with Gasteiger partial charge in [-0.05, 0) is 24.3 Å². The van der Waals surface area contributed by atoms with Gasteiger partial charge in [0, 0.05) is 6.04 Å². The third kappa shape index (κ3) is 5.19. The lowest BCUT2D eigenvalue weighted by Gasteiger charge is -2.23. The molecule has 2 N–H and O–H groups in total. The normalized spacial score (nSPS) is 13.1. The molecule has 0 fully saturated rings. The lowest BCUT2D eigenvalue weighted by Crippen LogP contribution is -2.18. The van der Waals surface area contributed by atoms with Crippen molar-refractivity contribution in [2.24, 2.45) is 11.1 Å². The molecule has 2 heteroatoms. The van der Waals surface area contributed by atoms with Crippen molar-refractivity contribution in [3.05, 3.63) is 35.4 Å². The molecule has 1 atom stereocenters. The standard InChI is InChI=1S/C13H21N.ClH/c1-10-5-7-11(8-6-10)12(14)9-13(2,3)4;/h5-8,12H,9,14H2,1-4H3;1H. The molecule has 0 radical (unpaired) electrons. The Morgan fingerprint density at radius 3 is 2.00 bits per heavy atom. The largest absolute Gasteiger partial charge is 0.324 e. The third-order valence-electron chi connectivity index (χ3n) is 2.34. The summed E-state index contributed by atoms with van der Waals surface area (Å²) in [7, 11) is 0. The maximum absolute atomic E-state index is 6.13. The molecule has 0 amide bonds. The summed E-state index contributed by atoms with van der Waals surface area (Å²) in [6, 6.07) is 8.67. The van der Waals surface area contributed by atoms with Crippen LogP contribution in [-0.2, 0) is 0 Å². The predicted octanol–water partition coefficient (Wildman–Crippen LogP) is 3.85. The van der Waals surface area contributed by atoms with Crippen LogP contribution in [0.4, 0.5) is 0 Å². The van der Waals surface area contributed by atoms with Crippen LogP contribution in [0.5, 0.6) is 0 Å². The number of benzene rings is 1. The zero-order valence-corrected chi connectivity index (χ0v) is 10.9. The van der Waals surface area contributed by atoms with Crippen LogP contribution in [0.2, 0.25) is 0 Å². The summed E-state index contributed by atoms with van der Waals surface area (Å²) < 4.78 is 0. The predicted molar refractivity (Wildman–Crippen MR) is 69.4 cm³/mol. The van der Waals surface area contributed by atoms with Crippen molar-refractivity contribution in [1.29, 1.82) is 0 Å². The summed E-state index contributed by atoms with van der Waals surface area (Å²) in [5.74, 6) is 0. The van der Waals surface area contributed by atoms with Crippen molar-refractivity contribution < 1.29 is 0 Å². The molecule has 0 aliphatic rings. The van der Waals surface area contributed by atoms with Gasteiger partial charge in [0.15, 0.2) is 0 Å². The Labute approximate surface area is 99.5 Å². The second-order valence-corrected chi connectivity index (χ2v) is 5.28. The maximum atomic E-state index is 6.13. The molecule has 0 aliphatic heterocycles. The molecule has 0 saturated heterocycles. The molecule has 0 saturated carbocycles. The third-order valence-corrected chi connectivity index (χ3v) is 2.34. The first-order chi connectivity index (χ1) is 6.38. The smallest absolute Gasteiger partial charge is 0.0299 e. The number of hydrogen-bond acceptors (Lipinski definition) is 1. The second-order valence-electron chi connectivity index (χ2n) is 5.28. The number of hydrogen-bond donors (Lipinski definition) is 1. The molecule has 1 rings (SSSR count). The Morgan fingerprint density at radius 1 is 1.13 bits per heavy atom. The van der Waals surface area contributed by atoms with Gasteiger partial charge >= 0.3 is 0 Å². The van der Waals surface area contributed by atoms with Gasteiger partial charge in [0.2, 0.25) is 0 Å². The van der Waals surface area contributed by atoms with E-state index in [-0.39, 0.29) is 18.4 Å². The first kappa shape index (κ1) is 14.5. The van der Waals surface area contributed by atoms with Gasteiger partial charge in [-0.2, -0.15) is 0 Å². The quantitative estimate of drug-likeness (QED) is 0.816. The Balaban J connectivity index is 0.00000196. The minimum Gasteiger partial charge on any atom is -0.324 e. The van der Waals surface area contributed by atoms with Crippen LogP contribution in [0.15, 0.2) is 24.3 Å². The van der Waals surface area contributed by atoms with Crippen LogP contribution in [0.25, 0.3) is 0 Å². The summed E-state index contributed by atoms with van der Waals surface area (Å²) in [6.07, 6.45) is 1.02. The Morgan fingerprint density at radius 2 is 1.60 bits per heavy atom. The minimum absolute atomic E-state index is 0. The number of halogens is 1. The van der Waals surface area contributed by atoms with Gasteiger partial charge < -0.3 is 5.73 Å². The molecule has 1 aromatic rings. The molecule has 0 aliphatic carbocycles. The first-order valence-electron chi connectivity index (χ1n) is 5.21. The zero-order chi connectivity index (χ0) is 10.8. The zero-order valence-electron chi connectivity index (χ0n) is 10.1. The molecule has 0 bridgehead atoms. The Kier molecular flexibility index (Phi) is 5.33. The molecule has 0 aromatic heterocycles. The highest BCUT2D eigenvalue weighted by molar-refractivity contribution is 5.85. The van der Waals surface area contributed by atoms with Gasteiger partial charge in [-0.1, -0.05) is 50.6 Å². The van der Waals surface area contributed by atoms with Gasteiger partial charge in [-0.3, -0.25) is 0 Å². The highest BCUT2D eigenvalue weighted by atomic mass is 35.5. The molecular weight excluding hydrogens is 206 g/mol. The van der Waals surface area contributed by atoms with Crippen LogP contribution in [0, 0.1) is 12.3 Å². The van der Waals surface area contributed by atoms with Crippen molar-refractivity contribution in [1.82, 2.24) is 0 Å². The molecule has 0 heterocycles. The van der Waals surface area contributed by atoms with E-state index in [0.717, 1.165) is 6.42 Å². The topological polar surface area (TPSA) is 26.0 Å². The summed E-state index contributed by atoms with van der Waals surface area (Å²) >= 11 is 0. The van der Waals surface area contributed by atoms with E-state index in [9.17, 15) is 0 Å². The SMILES string of the molecule is Cc1ccc(C(N)CC(C)(C)C)cc1.Cl. The summed E-state index contributed by atoms with van der Waals surface area (Å²) in [5, 5.41) is 0. The van der Waals surface area contributed by atoms with E-state index in [4.69, 9.17) is 5.73 Å². The van der Waals surface area contributed by atoms with Crippen molar-refractivity contribution >= 4 is 12.4 Å². The van der Waals surface area contributed by atoms with Crippen molar-refractivity contribution in [2.45, 2.75) is 40.2 Å². The second kappa shape index (κ2) is 5.53. The fourth-order valence-electron chi connectivity index (χ4n) is 1.59. The van der Waals surface area contributed by atoms with Crippen molar-refractivity contribution in [3.8, 4) is 0 Å². The van der Waals surface area contributed by atoms with E-state index in [0.29, 0.717) is 5.41 Å². The van der Waals surface area contributed by atoms with Gasteiger partial charge in [0.05, 0.1) is 0 Å². The summed E-state index contributed by atoms with van der Waals surface area (Å²) in [5.41, 5.74) is 8.96. The minimum atomic E-state index is 0. The van der Waals surface area contributed by atoms with Gasteiger partial charge in [0.25, 0.3) is 0 Å². The van der Waals surface area contributed by atoms with Gasteiger partial charge in [0.1, 0.15) is 0 Å². The Hall–Kier alpha value is -0.530. The molecule has 15 heavy (non-hydrogen) atoms. The van der Waals surface area contributed by atoms with Crippen LogP contribution in [0.3, 0.4) is 0 Å². The monoisotopic (exact) mass is 227 g/mol. The van der Waals surface area contributed by atoms with E-state index < -0.39 is 0 Å². The average Bonchev–Trinajstić information content (AvgIpc) is 2.02. The van der Waals surface area contributed by atoms with Crippen LogP contribution >= 0.6 is 12.4 Å². The molecule has 1 nitrogen and oxygen atoms in total. The first-order valence-corrected chi connectivity index (χ1v) is 5.21. The average molecular weight is 228 g/mol. The Bertz CT molecular complexity index is 284. The van der Waals surface area contributed by atoms with E-state index in [1.165, 1.54) is 11.1 Å². The van der Waals surface area contributed by atoms with E-state index in [1.54, 1.807) is 0 Å². The molecule has 1 aromatic carbocycles.